The maximum absolute atomic E-state index is 4.31. The molecule has 0 aromatic carbocycles. The maximum atomic E-state index is 4.31. The Bertz CT molecular complexity index is 427. The predicted octanol–water partition coefficient (Wildman–Crippen LogP) is 3.15. The number of halogens is 1. The minimum Gasteiger partial charge on any atom is -0.302 e. The Balaban J connectivity index is 1.90. The predicted molar refractivity (Wildman–Crippen MR) is 69.3 cm³/mol. The lowest BCUT2D eigenvalue weighted by Crippen LogP contribution is -2.18. The third kappa shape index (κ3) is 3.10. The number of nitrogens with zero attached hydrogens (tertiary/aromatic N) is 2. The molecule has 5 heteroatoms. The van der Waals surface area contributed by atoms with E-state index in [2.05, 4.69) is 38.1 Å². The largest absolute Gasteiger partial charge is 0.302 e. The number of hydrogen-bond donors (Lipinski definition) is 1. The fraction of sp³-hybridized carbons (Fsp3) is 0.273. The smallest absolute Gasteiger partial charge is 0.109 e. The SMILES string of the molecule is CC(NCc1ccc(Br)cn1)c1nccs1. The number of pyridine rings is 1. The van der Waals surface area contributed by atoms with E-state index in [1.165, 1.54) is 0 Å². The normalized spacial score (nSPS) is 12.6. The van der Waals surface area contributed by atoms with Crippen LogP contribution >= 0.6 is 27.3 Å². The van der Waals surface area contributed by atoms with Gasteiger partial charge in [0, 0.05) is 28.8 Å². The molecule has 0 aliphatic carbocycles. The summed E-state index contributed by atoms with van der Waals surface area (Å²) in [5.74, 6) is 0. The third-order valence-corrected chi connectivity index (χ3v) is 3.63. The molecule has 0 saturated heterocycles. The second kappa shape index (κ2) is 5.52. The van der Waals surface area contributed by atoms with Gasteiger partial charge in [-0.2, -0.15) is 0 Å². The van der Waals surface area contributed by atoms with Crippen LogP contribution in [-0.2, 0) is 6.54 Å². The van der Waals surface area contributed by atoms with Crippen LogP contribution in [0.5, 0.6) is 0 Å². The van der Waals surface area contributed by atoms with Gasteiger partial charge in [0.1, 0.15) is 5.01 Å². The van der Waals surface area contributed by atoms with Crippen LogP contribution in [0, 0.1) is 0 Å². The molecule has 1 atom stereocenters. The molecule has 84 valence electrons. The molecule has 0 amide bonds. The Labute approximate surface area is 107 Å². The zero-order valence-corrected chi connectivity index (χ0v) is 11.3. The average molecular weight is 298 g/mol. The molecule has 0 spiro atoms. The molecule has 2 aromatic rings. The highest BCUT2D eigenvalue weighted by Crippen LogP contribution is 2.15. The summed E-state index contributed by atoms with van der Waals surface area (Å²) in [6.07, 6.45) is 3.64. The van der Waals surface area contributed by atoms with Gasteiger partial charge in [-0.15, -0.1) is 11.3 Å². The summed E-state index contributed by atoms with van der Waals surface area (Å²) in [5.41, 5.74) is 1.03. The van der Waals surface area contributed by atoms with Gasteiger partial charge in [0.15, 0.2) is 0 Å². The Kier molecular flexibility index (Phi) is 4.04. The van der Waals surface area contributed by atoms with Crippen molar-refractivity contribution in [2.75, 3.05) is 0 Å². The maximum Gasteiger partial charge on any atom is 0.109 e. The molecular weight excluding hydrogens is 286 g/mol. The summed E-state index contributed by atoms with van der Waals surface area (Å²) >= 11 is 5.03. The van der Waals surface area contributed by atoms with E-state index in [1.54, 1.807) is 11.3 Å². The second-order valence-electron chi connectivity index (χ2n) is 3.44. The number of aromatic nitrogens is 2. The zero-order chi connectivity index (χ0) is 11.4. The van der Waals surface area contributed by atoms with Crippen molar-refractivity contribution >= 4 is 27.3 Å². The monoisotopic (exact) mass is 297 g/mol. The minimum atomic E-state index is 0.269. The van der Waals surface area contributed by atoms with E-state index in [9.17, 15) is 0 Å². The molecule has 1 N–H and O–H groups in total. The van der Waals surface area contributed by atoms with E-state index in [4.69, 9.17) is 0 Å². The Morgan fingerprint density at radius 3 is 2.94 bits per heavy atom. The van der Waals surface area contributed by atoms with E-state index in [1.807, 2.05) is 29.9 Å². The molecule has 1 unspecified atom stereocenters. The van der Waals surface area contributed by atoms with E-state index < -0.39 is 0 Å². The summed E-state index contributed by atoms with van der Waals surface area (Å²) < 4.78 is 1.00. The molecule has 0 saturated carbocycles. The highest BCUT2D eigenvalue weighted by Gasteiger charge is 2.07. The second-order valence-corrected chi connectivity index (χ2v) is 5.28. The van der Waals surface area contributed by atoms with Crippen LogP contribution in [0.4, 0.5) is 0 Å². The first-order valence-corrected chi connectivity index (χ1v) is 6.66. The summed E-state index contributed by atoms with van der Waals surface area (Å²) in [6, 6.07) is 4.27. The standard InChI is InChI=1S/C11H12BrN3S/c1-8(11-13-4-5-16-11)14-7-10-3-2-9(12)6-15-10/h2-6,8,14H,7H2,1H3. The number of thiazole rings is 1. The first-order chi connectivity index (χ1) is 7.75. The zero-order valence-electron chi connectivity index (χ0n) is 8.85. The molecule has 2 rings (SSSR count). The van der Waals surface area contributed by atoms with Crippen molar-refractivity contribution in [3.8, 4) is 0 Å². The summed E-state index contributed by atoms with van der Waals surface area (Å²) in [4.78, 5) is 8.58. The molecule has 0 radical (unpaired) electrons. The minimum absolute atomic E-state index is 0.269. The van der Waals surface area contributed by atoms with Crippen LogP contribution in [0.2, 0.25) is 0 Å². The van der Waals surface area contributed by atoms with Gasteiger partial charge in [0.2, 0.25) is 0 Å². The van der Waals surface area contributed by atoms with Gasteiger partial charge in [0.25, 0.3) is 0 Å². The number of rotatable bonds is 4. The lowest BCUT2D eigenvalue weighted by molar-refractivity contribution is 0.565. The molecule has 0 bridgehead atoms. The lowest BCUT2D eigenvalue weighted by Gasteiger charge is -2.10. The summed E-state index contributed by atoms with van der Waals surface area (Å²) in [7, 11) is 0. The Hall–Kier alpha value is -0.780. The molecule has 2 aromatic heterocycles. The van der Waals surface area contributed by atoms with E-state index in [-0.39, 0.29) is 6.04 Å². The van der Waals surface area contributed by atoms with Crippen LogP contribution in [-0.4, -0.2) is 9.97 Å². The molecule has 0 aliphatic rings. The van der Waals surface area contributed by atoms with Gasteiger partial charge >= 0.3 is 0 Å². The Morgan fingerprint density at radius 2 is 2.31 bits per heavy atom. The van der Waals surface area contributed by atoms with Crippen molar-refractivity contribution in [2.45, 2.75) is 19.5 Å². The molecular formula is C11H12BrN3S. The van der Waals surface area contributed by atoms with E-state index in [0.29, 0.717) is 0 Å². The van der Waals surface area contributed by atoms with Gasteiger partial charge in [-0.25, -0.2) is 4.98 Å². The first kappa shape index (κ1) is 11.7. The van der Waals surface area contributed by atoms with Crippen molar-refractivity contribution in [2.24, 2.45) is 0 Å². The number of hydrogen-bond acceptors (Lipinski definition) is 4. The van der Waals surface area contributed by atoms with Crippen LogP contribution in [0.1, 0.15) is 23.7 Å². The fourth-order valence-corrected chi connectivity index (χ4v) is 2.21. The summed E-state index contributed by atoms with van der Waals surface area (Å²) in [6.45, 7) is 2.87. The molecule has 3 nitrogen and oxygen atoms in total. The van der Waals surface area contributed by atoms with E-state index >= 15 is 0 Å². The quantitative estimate of drug-likeness (QED) is 0.942. The van der Waals surface area contributed by atoms with Gasteiger partial charge in [-0.3, -0.25) is 4.98 Å². The summed E-state index contributed by atoms with van der Waals surface area (Å²) in [5, 5.41) is 6.49. The average Bonchev–Trinajstić information content (AvgIpc) is 2.81. The Morgan fingerprint density at radius 1 is 1.44 bits per heavy atom. The molecule has 0 fully saturated rings. The molecule has 0 aliphatic heterocycles. The van der Waals surface area contributed by atoms with Gasteiger partial charge in [-0.1, -0.05) is 0 Å². The van der Waals surface area contributed by atoms with Crippen LogP contribution < -0.4 is 5.32 Å². The van der Waals surface area contributed by atoms with Gasteiger partial charge in [0.05, 0.1) is 11.7 Å². The highest BCUT2D eigenvalue weighted by molar-refractivity contribution is 9.10. The first-order valence-electron chi connectivity index (χ1n) is 4.99. The van der Waals surface area contributed by atoms with Crippen LogP contribution in [0.15, 0.2) is 34.4 Å². The van der Waals surface area contributed by atoms with Crippen LogP contribution in [0.25, 0.3) is 0 Å². The number of nitrogens with one attached hydrogen (secondary N) is 1. The molecule has 2 heterocycles. The van der Waals surface area contributed by atoms with Crippen molar-refractivity contribution < 1.29 is 0 Å². The van der Waals surface area contributed by atoms with Crippen molar-refractivity contribution in [3.63, 3.8) is 0 Å². The van der Waals surface area contributed by atoms with Crippen molar-refractivity contribution in [1.29, 1.82) is 0 Å². The van der Waals surface area contributed by atoms with Gasteiger partial charge in [-0.05, 0) is 35.0 Å². The highest BCUT2D eigenvalue weighted by atomic mass is 79.9. The van der Waals surface area contributed by atoms with Crippen molar-refractivity contribution in [1.82, 2.24) is 15.3 Å². The molecule has 16 heavy (non-hydrogen) atoms. The van der Waals surface area contributed by atoms with E-state index in [0.717, 1.165) is 21.7 Å². The van der Waals surface area contributed by atoms with Crippen LogP contribution in [0.3, 0.4) is 0 Å². The van der Waals surface area contributed by atoms with Crippen molar-refractivity contribution in [3.05, 3.63) is 45.1 Å². The lowest BCUT2D eigenvalue weighted by atomic mass is 10.3. The fourth-order valence-electron chi connectivity index (χ4n) is 1.30. The topological polar surface area (TPSA) is 37.8 Å². The third-order valence-electron chi connectivity index (χ3n) is 2.20. The van der Waals surface area contributed by atoms with Gasteiger partial charge < -0.3 is 5.32 Å².